The van der Waals surface area contributed by atoms with Crippen molar-refractivity contribution in [3.05, 3.63) is 24.3 Å². The van der Waals surface area contributed by atoms with E-state index in [2.05, 4.69) is 5.32 Å². The minimum Gasteiger partial charge on any atom is -0.495 e. The Bertz CT molecular complexity index is 750. The van der Waals surface area contributed by atoms with Crippen LogP contribution in [0.4, 0.5) is 5.69 Å². The van der Waals surface area contributed by atoms with Crippen molar-refractivity contribution in [1.82, 2.24) is 5.32 Å². The van der Waals surface area contributed by atoms with Crippen LogP contribution in [0, 0.1) is 11.8 Å². The van der Waals surface area contributed by atoms with Crippen LogP contribution in [0.2, 0.25) is 0 Å². The highest BCUT2D eigenvalue weighted by Crippen LogP contribution is 2.44. The number of fused-ring (bicyclic) bond motifs is 2. The summed E-state index contributed by atoms with van der Waals surface area (Å²) in [5.74, 6) is 1.96. The van der Waals surface area contributed by atoms with Gasteiger partial charge in [0, 0.05) is 19.0 Å². The minimum absolute atomic E-state index is 0.0241. The van der Waals surface area contributed by atoms with Crippen LogP contribution in [0.3, 0.4) is 0 Å². The number of benzene rings is 1. The van der Waals surface area contributed by atoms with Crippen LogP contribution < -0.4 is 14.4 Å². The van der Waals surface area contributed by atoms with E-state index >= 15 is 0 Å². The second kappa shape index (κ2) is 7.86. The van der Waals surface area contributed by atoms with Gasteiger partial charge < -0.3 is 10.1 Å². The molecule has 6 nitrogen and oxygen atoms in total. The summed E-state index contributed by atoms with van der Waals surface area (Å²) in [5, 5.41) is 3.15. The number of nitrogens with zero attached hydrogens (tertiary/aromatic N) is 1. The van der Waals surface area contributed by atoms with Gasteiger partial charge in [-0.15, -0.1) is 0 Å². The first-order valence-electron chi connectivity index (χ1n) is 9.28. The number of hydrogen-bond donors (Lipinski definition) is 1. The highest BCUT2D eigenvalue weighted by molar-refractivity contribution is 7.92. The van der Waals surface area contributed by atoms with Gasteiger partial charge in [-0.3, -0.25) is 9.10 Å². The van der Waals surface area contributed by atoms with E-state index in [1.54, 1.807) is 24.3 Å². The number of carbonyl (C=O) groups is 1. The highest BCUT2D eigenvalue weighted by atomic mass is 32.2. The van der Waals surface area contributed by atoms with Crippen molar-refractivity contribution in [2.75, 3.05) is 24.2 Å². The van der Waals surface area contributed by atoms with E-state index in [9.17, 15) is 13.2 Å². The van der Waals surface area contributed by atoms with Gasteiger partial charge in [0.1, 0.15) is 5.75 Å². The summed E-state index contributed by atoms with van der Waals surface area (Å²) in [7, 11) is -1.94. The van der Waals surface area contributed by atoms with Crippen molar-refractivity contribution in [1.29, 1.82) is 0 Å². The molecule has 3 rings (SSSR count). The van der Waals surface area contributed by atoms with E-state index in [4.69, 9.17) is 4.74 Å². The van der Waals surface area contributed by atoms with E-state index in [1.165, 1.54) is 36.9 Å². The summed E-state index contributed by atoms with van der Waals surface area (Å²) < 4.78 is 31.0. The Hall–Kier alpha value is -1.76. The summed E-state index contributed by atoms with van der Waals surface area (Å²) in [6, 6.07) is 7.34. The van der Waals surface area contributed by atoms with Crippen molar-refractivity contribution in [2.24, 2.45) is 11.8 Å². The second-order valence-electron chi connectivity index (χ2n) is 7.46. The summed E-state index contributed by atoms with van der Waals surface area (Å²) in [6.45, 7) is 0.253. The van der Waals surface area contributed by atoms with Crippen LogP contribution in [0.1, 0.15) is 38.5 Å². The zero-order chi connectivity index (χ0) is 18.7. The SMILES string of the molecule is COc1ccccc1N(CCCC(=O)NC1CC2CCC1C2)S(C)(=O)=O. The third-order valence-corrected chi connectivity index (χ3v) is 6.78. The molecule has 1 aromatic rings. The Kier molecular flexibility index (Phi) is 5.75. The maximum atomic E-state index is 12.3. The quantitative estimate of drug-likeness (QED) is 0.752. The van der Waals surface area contributed by atoms with E-state index in [0.717, 1.165) is 12.3 Å². The number of ether oxygens (including phenoxy) is 1. The third kappa shape index (κ3) is 4.31. The van der Waals surface area contributed by atoms with Crippen molar-refractivity contribution in [3.63, 3.8) is 0 Å². The van der Waals surface area contributed by atoms with Gasteiger partial charge in [0.05, 0.1) is 19.1 Å². The molecule has 144 valence electrons. The maximum absolute atomic E-state index is 12.3. The molecule has 2 aliphatic rings. The van der Waals surface area contributed by atoms with Crippen molar-refractivity contribution in [2.45, 2.75) is 44.6 Å². The normalized spacial score (nSPS) is 24.5. The Labute approximate surface area is 156 Å². The molecule has 2 bridgehead atoms. The number of anilines is 1. The third-order valence-electron chi connectivity index (χ3n) is 5.60. The second-order valence-corrected chi connectivity index (χ2v) is 9.37. The zero-order valence-electron chi connectivity index (χ0n) is 15.5. The number of nitrogens with one attached hydrogen (secondary N) is 1. The fourth-order valence-electron chi connectivity index (χ4n) is 4.38. The fraction of sp³-hybridized carbons (Fsp3) is 0.632. The first-order valence-corrected chi connectivity index (χ1v) is 11.1. The van der Waals surface area contributed by atoms with Crippen LogP contribution >= 0.6 is 0 Å². The fourth-order valence-corrected chi connectivity index (χ4v) is 5.35. The monoisotopic (exact) mass is 380 g/mol. The summed E-state index contributed by atoms with van der Waals surface area (Å²) in [6.07, 6.45) is 6.86. The van der Waals surface area contributed by atoms with Crippen molar-refractivity contribution < 1.29 is 17.9 Å². The predicted octanol–water partition coefficient (Wildman–Crippen LogP) is 2.55. The number of sulfonamides is 1. The standard InChI is InChI=1S/C19H28N2O4S/c1-25-18-7-4-3-6-17(18)21(26(2,23)24)11-5-8-19(22)20-16-13-14-9-10-15(16)12-14/h3-4,6-7,14-16H,5,8-13H2,1-2H3,(H,20,22). The van der Waals surface area contributed by atoms with Gasteiger partial charge in [0.25, 0.3) is 0 Å². The molecular formula is C19H28N2O4S. The lowest BCUT2D eigenvalue weighted by Gasteiger charge is -2.25. The minimum atomic E-state index is -3.46. The molecule has 2 aliphatic carbocycles. The zero-order valence-corrected chi connectivity index (χ0v) is 16.3. The van der Waals surface area contributed by atoms with Crippen molar-refractivity contribution in [3.8, 4) is 5.75 Å². The van der Waals surface area contributed by atoms with Gasteiger partial charge in [-0.2, -0.15) is 0 Å². The van der Waals surface area contributed by atoms with E-state index in [0.29, 0.717) is 36.2 Å². The molecular weight excluding hydrogens is 352 g/mol. The maximum Gasteiger partial charge on any atom is 0.232 e. The van der Waals surface area contributed by atoms with Gasteiger partial charge in [-0.25, -0.2) is 8.42 Å². The van der Waals surface area contributed by atoms with E-state index in [1.807, 2.05) is 0 Å². The lowest BCUT2D eigenvalue weighted by molar-refractivity contribution is -0.122. The predicted molar refractivity (Wildman–Crippen MR) is 102 cm³/mol. The molecule has 3 unspecified atom stereocenters. The van der Waals surface area contributed by atoms with Crippen molar-refractivity contribution >= 4 is 21.6 Å². The van der Waals surface area contributed by atoms with Gasteiger partial charge in [-0.05, 0) is 49.7 Å². The number of carbonyl (C=O) groups excluding carboxylic acids is 1. The Morgan fingerprint density at radius 2 is 2.04 bits per heavy atom. The largest absolute Gasteiger partial charge is 0.495 e. The summed E-state index contributed by atoms with van der Waals surface area (Å²) in [5.41, 5.74) is 0.506. The van der Waals surface area contributed by atoms with Crippen LogP contribution in [-0.2, 0) is 14.8 Å². The highest BCUT2D eigenvalue weighted by Gasteiger charge is 2.39. The lowest BCUT2D eigenvalue weighted by Crippen LogP contribution is -2.39. The molecule has 1 amide bonds. The first kappa shape index (κ1) is 19.0. The van der Waals surface area contributed by atoms with Crippen LogP contribution in [0.5, 0.6) is 5.75 Å². The number of methoxy groups -OCH3 is 1. The van der Waals surface area contributed by atoms with E-state index in [-0.39, 0.29) is 12.5 Å². The molecule has 3 atom stereocenters. The average molecular weight is 381 g/mol. The molecule has 26 heavy (non-hydrogen) atoms. The summed E-state index contributed by atoms with van der Waals surface area (Å²) in [4.78, 5) is 12.3. The number of amides is 1. The van der Waals surface area contributed by atoms with Crippen LogP contribution in [-0.4, -0.2) is 40.3 Å². The van der Waals surface area contributed by atoms with Gasteiger partial charge >= 0.3 is 0 Å². The Morgan fingerprint density at radius 1 is 1.27 bits per heavy atom. The topological polar surface area (TPSA) is 75.7 Å². The molecule has 1 N–H and O–H groups in total. The number of hydrogen-bond acceptors (Lipinski definition) is 4. The molecule has 2 saturated carbocycles. The lowest BCUT2D eigenvalue weighted by atomic mass is 9.95. The first-order chi connectivity index (χ1) is 12.4. The molecule has 0 heterocycles. The molecule has 1 aromatic carbocycles. The average Bonchev–Trinajstić information content (AvgIpc) is 3.20. The molecule has 0 spiro atoms. The van der Waals surface area contributed by atoms with Gasteiger partial charge in [0.15, 0.2) is 0 Å². The van der Waals surface area contributed by atoms with Crippen LogP contribution in [0.15, 0.2) is 24.3 Å². The van der Waals surface area contributed by atoms with Gasteiger partial charge in [0.2, 0.25) is 15.9 Å². The molecule has 2 fully saturated rings. The Morgan fingerprint density at radius 3 is 2.65 bits per heavy atom. The summed E-state index contributed by atoms with van der Waals surface area (Å²) >= 11 is 0. The van der Waals surface area contributed by atoms with Crippen LogP contribution in [0.25, 0.3) is 0 Å². The number of rotatable bonds is 8. The molecule has 0 aromatic heterocycles. The molecule has 0 aliphatic heterocycles. The smallest absolute Gasteiger partial charge is 0.232 e. The molecule has 0 radical (unpaired) electrons. The van der Waals surface area contributed by atoms with E-state index < -0.39 is 10.0 Å². The molecule has 7 heteroatoms. The molecule has 0 saturated heterocycles. The number of para-hydroxylation sites is 2. The van der Waals surface area contributed by atoms with Gasteiger partial charge in [-0.1, -0.05) is 18.6 Å². The Balaban J connectivity index is 1.56.